The van der Waals surface area contributed by atoms with Gasteiger partial charge < -0.3 is 9.84 Å². The van der Waals surface area contributed by atoms with E-state index < -0.39 is 0 Å². The van der Waals surface area contributed by atoms with Gasteiger partial charge in [-0.2, -0.15) is 0 Å². The van der Waals surface area contributed by atoms with Crippen molar-refractivity contribution in [3.05, 3.63) is 52.4 Å². The zero-order chi connectivity index (χ0) is 11.0. The van der Waals surface area contributed by atoms with Crippen molar-refractivity contribution < 1.29 is 4.52 Å². The fraction of sp³-hybridized carbons (Fsp3) is 0.308. The van der Waals surface area contributed by atoms with Crippen LogP contribution < -0.4 is 5.32 Å². The third-order valence-corrected chi connectivity index (χ3v) is 3.16. The van der Waals surface area contributed by atoms with Crippen molar-refractivity contribution in [2.24, 2.45) is 0 Å². The molecule has 0 radical (unpaired) electrons. The highest BCUT2D eigenvalue weighted by Crippen LogP contribution is 2.22. The van der Waals surface area contributed by atoms with Gasteiger partial charge in [0.15, 0.2) is 0 Å². The smallest absolute Gasteiger partial charge is 0.145 e. The predicted octanol–water partition coefficient (Wildman–Crippen LogP) is 2.18. The van der Waals surface area contributed by atoms with E-state index in [2.05, 4.69) is 41.7 Å². The minimum absolute atomic E-state index is 0.840. The summed E-state index contributed by atoms with van der Waals surface area (Å²) < 4.78 is 5.41. The molecule has 1 aromatic carbocycles. The molecule has 2 aromatic rings. The van der Waals surface area contributed by atoms with Gasteiger partial charge in [0.25, 0.3) is 0 Å². The Morgan fingerprint density at radius 1 is 1.31 bits per heavy atom. The van der Waals surface area contributed by atoms with Crippen molar-refractivity contribution in [1.82, 2.24) is 10.5 Å². The van der Waals surface area contributed by atoms with Gasteiger partial charge in [-0.1, -0.05) is 29.4 Å². The number of aromatic nitrogens is 1. The molecule has 0 saturated heterocycles. The molecule has 1 aliphatic rings. The number of benzene rings is 1. The van der Waals surface area contributed by atoms with E-state index >= 15 is 0 Å². The van der Waals surface area contributed by atoms with Crippen molar-refractivity contribution >= 4 is 0 Å². The first-order valence-corrected chi connectivity index (χ1v) is 5.56. The zero-order valence-corrected chi connectivity index (χ0v) is 9.29. The van der Waals surface area contributed by atoms with Gasteiger partial charge in [-0.3, -0.25) is 0 Å². The topological polar surface area (TPSA) is 38.1 Å². The van der Waals surface area contributed by atoms with Gasteiger partial charge in [0.2, 0.25) is 0 Å². The maximum Gasteiger partial charge on any atom is 0.145 e. The summed E-state index contributed by atoms with van der Waals surface area (Å²) in [6.45, 7) is 3.86. The average molecular weight is 214 g/mol. The van der Waals surface area contributed by atoms with Crippen LogP contribution in [0.15, 0.2) is 28.8 Å². The molecule has 0 unspecified atom stereocenters. The van der Waals surface area contributed by atoms with Crippen molar-refractivity contribution in [2.45, 2.75) is 26.4 Å². The van der Waals surface area contributed by atoms with Crippen LogP contribution in [0.4, 0.5) is 0 Å². The normalized spacial score (nSPS) is 14.1. The Morgan fingerprint density at radius 3 is 3.06 bits per heavy atom. The Bertz CT molecular complexity index is 516. The molecule has 16 heavy (non-hydrogen) atoms. The summed E-state index contributed by atoms with van der Waals surface area (Å²) in [6.07, 6.45) is 0.844. The molecular formula is C13H14N2O. The number of hydrogen-bond acceptors (Lipinski definition) is 3. The lowest BCUT2D eigenvalue weighted by molar-refractivity contribution is 0.376. The fourth-order valence-corrected chi connectivity index (χ4v) is 2.15. The summed E-state index contributed by atoms with van der Waals surface area (Å²) in [5.74, 6) is 1.01. The summed E-state index contributed by atoms with van der Waals surface area (Å²) in [6, 6.07) is 8.40. The molecule has 1 aromatic heterocycles. The van der Waals surface area contributed by atoms with E-state index in [1.807, 2.05) is 0 Å². The molecule has 3 nitrogen and oxygen atoms in total. The first-order chi connectivity index (χ1) is 7.84. The van der Waals surface area contributed by atoms with Crippen LogP contribution in [0.25, 0.3) is 0 Å². The van der Waals surface area contributed by atoms with E-state index in [0.717, 1.165) is 31.0 Å². The van der Waals surface area contributed by atoms with Crippen LogP contribution in [0, 0.1) is 6.92 Å². The van der Waals surface area contributed by atoms with Gasteiger partial charge in [0.05, 0.1) is 0 Å². The number of nitrogens with one attached hydrogen (secondary N) is 1. The Morgan fingerprint density at radius 2 is 2.19 bits per heavy atom. The lowest BCUT2D eigenvalue weighted by atomic mass is 10.0. The lowest BCUT2D eigenvalue weighted by Gasteiger charge is -2.03. The highest BCUT2D eigenvalue weighted by atomic mass is 16.5. The summed E-state index contributed by atoms with van der Waals surface area (Å²) in [5, 5.41) is 7.37. The summed E-state index contributed by atoms with van der Waals surface area (Å²) in [4.78, 5) is 0. The minimum atomic E-state index is 0.840. The number of nitrogens with zero attached hydrogens (tertiary/aromatic N) is 1. The van der Waals surface area contributed by atoms with Crippen LogP contribution in [0.1, 0.15) is 28.1 Å². The van der Waals surface area contributed by atoms with Crippen molar-refractivity contribution in [2.75, 3.05) is 0 Å². The van der Waals surface area contributed by atoms with Gasteiger partial charge in [-0.05, 0) is 18.1 Å². The van der Waals surface area contributed by atoms with E-state index in [0.29, 0.717) is 0 Å². The number of aryl methyl sites for hydroxylation is 1. The molecule has 0 amide bonds. The third kappa shape index (κ3) is 1.53. The third-order valence-electron chi connectivity index (χ3n) is 3.16. The highest BCUT2D eigenvalue weighted by molar-refractivity contribution is 5.34. The zero-order valence-electron chi connectivity index (χ0n) is 9.29. The monoisotopic (exact) mass is 214 g/mol. The maximum absolute atomic E-state index is 5.41. The molecule has 82 valence electrons. The summed E-state index contributed by atoms with van der Waals surface area (Å²) in [7, 11) is 0. The van der Waals surface area contributed by atoms with E-state index in [4.69, 9.17) is 4.52 Å². The molecule has 0 spiro atoms. The Balaban J connectivity index is 1.92. The largest absolute Gasteiger partial charge is 0.360 e. The molecule has 0 fully saturated rings. The number of rotatable bonds is 2. The van der Waals surface area contributed by atoms with Crippen LogP contribution in [-0.2, 0) is 19.5 Å². The summed E-state index contributed by atoms with van der Waals surface area (Å²) >= 11 is 0. The Labute approximate surface area is 94.5 Å². The fourth-order valence-electron chi connectivity index (χ4n) is 2.15. The highest BCUT2D eigenvalue weighted by Gasteiger charge is 2.20. The van der Waals surface area contributed by atoms with Crippen molar-refractivity contribution in [3.8, 4) is 0 Å². The molecule has 3 heteroatoms. The first-order valence-electron chi connectivity index (χ1n) is 5.56. The molecule has 3 rings (SSSR count). The minimum Gasteiger partial charge on any atom is -0.360 e. The molecular weight excluding hydrogens is 200 g/mol. The number of hydrogen-bond donors (Lipinski definition) is 1. The second kappa shape index (κ2) is 3.76. The molecule has 2 heterocycles. The van der Waals surface area contributed by atoms with Crippen LogP contribution >= 0.6 is 0 Å². The molecule has 0 saturated carbocycles. The Hall–Kier alpha value is -1.61. The quantitative estimate of drug-likeness (QED) is 0.832. The first kappa shape index (κ1) is 9.60. The van der Waals surface area contributed by atoms with Gasteiger partial charge in [-0.15, -0.1) is 0 Å². The van der Waals surface area contributed by atoms with Gasteiger partial charge in [-0.25, -0.2) is 0 Å². The van der Waals surface area contributed by atoms with Crippen LogP contribution in [-0.4, -0.2) is 5.16 Å². The lowest BCUT2D eigenvalue weighted by Crippen LogP contribution is -2.03. The van der Waals surface area contributed by atoms with Gasteiger partial charge in [0, 0.05) is 25.1 Å². The standard InChI is InChI=1S/C13H14N2O/c1-9-4-2-3-5-10(9)6-13-11-7-14-8-12(11)15-16-13/h2-5,14H,6-8H2,1H3. The molecule has 1 aliphatic heterocycles. The SMILES string of the molecule is Cc1ccccc1Cc1onc2c1CNC2. The van der Waals surface area contributed by atoms with Crippen LogP contribution in [0.5, 0.6) is 0 Å². The van der Waals surface area contributed by atoms with Crippen molar-refractivity contribution in [1.29, 1.82) is 0 Å². The van der Waals surface area contributed by atoms with Gasteiger partial charge >= 0.3 is 0 Å². The van der Waals surface area contributed by atoms with Crippen LogP contribution in [0.3, 0.4) is 0 Å². The molecule has 0 aliphatic carbocycles. The second-order valence-corrected chi connectivity index (χ2v) is 4.24. The molecule has 0 atom stereocenters. The van der Waals surface area contributed by atoms with Gasteiger partial charge in [0.1, 0.15) is 11.5 Å². The summed E-state index contributed by atoms with van der Waals surface area (Å²) in [5.41, 5.74) is 4.94. The number of fused-ring (bicyclic) bond motifs is 1. The predicted molar refractivity (Wildman–Crippen MR) is 61.0 cm³/mol. The maximum atomic E-state index is 5.41. The molecule has 1 N–H and O–H groups in total. The van der Waals surface area contributed by atoms with Crippen LogP contribution in [0.2, 0.25) is 0 Å². The van der Waals surface area contributed by atoms with Crippen molar-refractivity contribution in [3.63, 3.8) is 0 Å². The van der Waals surface area contributed by atoms with E-state index in [-0.39, 0.29) is 0 Å². The van der Waals surface area contributed by atoms with E-state index in [9.17, 15) is 0 Å². The Kier molecular flexibility index (Phi) is 2.26. The second-order valence-electron chi connectivity index (χ2n) is 4.24. The van der Waals surface area contributed by atoms with E-state index in [1.54, 1.807) is 0 Å². The molecule has 0 bridgehead atoms. The average Bonchev–Trinajstić information content (AvgIpc) is 2.86. The van der Waals surface area contributed by atoms with E-state index in [1.165, 1.54) is 16.7 Å².